The molecule has 0 saturated heterocycles. The van der Waals surface area contributed by atoms with Gasteiger partial charge in [0.2, 0.25) is 15.3 Å². The van der Waals surface area contributed by atoms with Crippen LogP contribution in [0.4, 0.5) is 4.39 Å². The van der Waals surface area contributed by atoms with Gasteiger partial charge < -0.3 is 0 Å². The van der Waals surface area contributed by atoms with Gasteiger partial charge in [-0.2, -0.15) is 9.61 Å². The van der Waals surface area contributed by atoms with E-state index >= 15 is 0 Å². The maximum atomic E-state index is 13.2. The lowest BCUT2D eigenvalue weighted by Gasteiger charge is -1.97. The van der Waals surface area contributed by atoms with Crippen LogP contribution in [0.2, 0.25) is 0 Å². The predicted molar refractivity (Wildman–Crippen MR) is 104 cm³/mol. The Morgan fingerprint density at radius 2 is 1.82 bits per heavy atom. The Bertz CT molecular complexity index is 1460. The molecule has 0 unspecified atom stereocenters. The lowest BCUT2D eigenvalue weighted by Crippen LogP contribution is -1.93. The van der Waals surface area contributed by atoms with Crippen molar-refractivity contribution in [1.82, 2.24) is 39.4 Å². The second-order valence-electron chi connectivity index (χ2n) is 5.75. The molecule has 28 heavy (non-hydrogen) atoms. The van der Waals surface area contributed by atoms with Gasteiger partial charge in [0.05, 0.1) is 10.2 Å². The van der Waals surface area contributed by atoms with Gasteiger partial charge >= 0.3 is 0 Å². The van der Waals surface area contributed by atoms with E-state index in [0.29, 0.717) is 15.3 Å². The van der Waals surface area contributed by atoms with Gasteiger partial charge in [-0.1, -0.05) is 11.3 Å². The quantitative estimate of drug-likeness (QED) is 0.425. The van der Waals surface area contributed by atoms with Crippen molar-refractivity contribution in [2.45, 2.75) is 10.3 Å². The number of benzene rings is 1. The summed E-state index contributed by atoms with van der Waals surface area (Å²) in [5, 5.41) is 25.4. The Morgan fingerprint density at radius 3 is 2.71 bits per heavy atom. The van der Waals surface area contributed by atoms with Crippen molar-refractivity contribution in [3.63, 3.8) is 0 Å². The highest BCUT2D eigenvalue weighted by atomic mass is 32.2. The lowest BCUT2D eigenvalue weighted by molar-refractivity contribution is 0.628. The molecule has 0 aliphatic carbocycles. The number of hydrogen-bond acceptors (Lipinski definition) is 9. The van der Waals surface area contributed by atoms with E-state index in [4.69, 9.17) is 0 Å². The molecule has 0 spiro atoms. The maximum Gasteiger partial charge on any atom is 0.235 e. The molecule has 0 fully saturated rings. The van der Waals surface area contributed by atoms with E-state index in [1.807, 2.05) is 15.8 Å². The Hall–Kier alpha value is -2.96. The molecule has 0 bridgehead atoms. The second kappa shape index (κ2) is 6.02. The van der Waals surface area contributed by atoms with E-state index in [1.165, 1.54) is 35.2 Å². The summed E-state index contributed by atoms with van der Waals surface area (Å²) in [7, 11) is 0. The van der Waals surface area contributed by atoms with Crippen molar-refractivity contribution in [2.75, 3.05) is 0 Å². The molecule has 0 atom stereocenters. The summed E-state index contributed by atoms with van der Waals surface area (Å²) in [5.74, 6) is -0.282. The number of aromatic nitrogens is 8. The summed E-state index contributed by atoms with van der Waals surface area (Å²) >= 11 is 4.27. The van der Waals surface area contributed by atoms with Crippen LogP contribution in [0.15, 0.2) is 52.4 Å². The molecule has 1 aromatic carbocycles. The van der Waals surface area contributed by atoms with Gasteiger partial charge in [0.25, 0.3) is 0 Å². The Kier molecular flexibility index (Phi) is 3.45. The number of nitrogens with zero attached hydrogens (tertiary/aromatic N) is 8. The Balaban J connectivity index is 1.41. The van der Waals surface area contributed by atoms with Crippen LogP contribution >= 0.6 is 34.4 Å². The van der Waals surface area contributed by atoms with Crippen molar-refractivity contribution in [1.29, 1.82) is 0 Å². The van der Waals surface area contributed by atoms with Gasteiger partial charge in [0.1, 0.15) is 17.2 Å². The van der Waals surface area contributed by atoms with E-state index in [2.05, 4.69) is 30.5 Å². The van der Waals surface area contributed by atoms with Crippen molar-refractivity contribution >= 4 is 55.3 Å². The molecular weight excluding hydrogens is 419 g/mol. The fourth-order valence-electron chi connectivity index (χ4n) is 2.75. The zero-order valence-corrected chi connectivity index (χ0v) is 16.2. The SMILES string of the molecule is Fc1ccc(-c2nn3c(Sc4nnc5c6sccc6ncn45)nnc3s2)cc1. The summed E-state index contributed by atoms with van der Waals surface area (Å²) in [6, 6.07) is 8.16. The molecule has 5 heterocycles. The zero-order valence-electron chi connectivity index (χ0n) is 13.7. The molecule has 0 aliphatic rings. The molecular formula is C16H7FN8S3. The highest BCUT2D eigenvalue weighted by molar-refractivity contribution is 7.99. The monoisotopic (exact) mass is 426 g/mol. The molecule has 8 nitrogen and oxygen atoms in total. The van der Waals surface area contributed by atoms with E-state index in [1.54, 1.807) is 34.3 Å². The first-order chi connectivity index (χ1) is 13.8. The minimum atomic E-state index is -0.282. The molecule has 0 amide bonds. The average Bonchev–Trinajstić information content (AvgIpc) is 3.46. The first-order valence-corrected chi connectivity index (χ1v) is 10.5. The van der Waals surface area contributed by atoms with Gasteiger partial charge in [0, 0.05) is 5.56 Å². The fourth-order valence-corrected chi connectivity index (χ4v) is 5.24. The van der Waals surface area contributed by atoms with Crippen LogP contribution in [0.25, 0.3) is 31.4 Å². The van der Waals surface area contributed by atoms with Crippen molar-refractivity contribution in [2.24, 2.45) is 0 Å². The van der Waals surface area contributed by atoms with E-state index in [0.717, 1.165) is 26.4 Å². The summed E-state index contributed by atoms with van der Waals surface area (Å²) in [4.78, 5) is 5.09. The number of fused-ring (bicyclic) bond motifs is 4. The van der Waals surface area contributed by atoms with E-state index < -0.39 is 0 Å². The first kappa shape index (κ1) is 16.0. The van der Waals surface area contributed by atoms with Crippen LogP contribution < -0.4 is 0 Å². The number of halogens is 1. The third kappa shape index (κ3) is 2.42. The second-order valence-corrected chi connectivity index (χ2v) is 8.56. The van der Waals surface area contributed by atoms with Crippen LogP contribution in [0, 0.1) is 5.82 Å². The Morgan fingerprint density at radius 1 is 0.964 bits per heavy atom. The fraction of sp³-hybridized carbons (Fsp3) is 0. The molecule has 0 radical (unpaired) electrons. The minimum absolute atomic E-state index is 0.282. The average molecular weight is 426 g/mol. The topological polar surface area (TPSA) is 86.2 Å². The van der Waals surface area contributed by atoms with Crippen LogP contribution in [0.3, 0.4) is 0 Å². The lowest BCUT2D eigenvalue weighted by atomic mass is 10.2. The van der Waals surface area contributed by atoms with Gasteiger partial charge in [-0.25, -0.2) is 9.37 Å². The zero-order chi connectivity index (χ0) is 18.7. The van der Waals surface area contributed by atoms with Crippen LogP contribution in [0.1, 0.15) is 0 Å². The van der Waals surface area contributed by atoms with Crippen molar-refractivity contribution in [3.8, 4) is 10.6 Å². The summed E-state index contributed by atoms with van der Waals surface area (Å²) in [6.45, 7) is 0. The van der Waals surface area contributed by atoms with E-state index in [-0.39, 0.29) is 5.82 Å². The van der Waals surface area contributed by atoms with Gasteiger partial charge in [-0.05, 0) is 47.5 Å². The highest BCUT2D eigenvalue weighted by Crippen LogP contribution is 2.31. The normalized spacial score (nSPS) is 11.9. The first-order valence-electron chi connectivity index (χ1n) is 7.99. The molecule has 5 aromatic heterocycles. The third-order valence-electron chi connectivity index (χ3n) is 4.06. The minimum Gasteiger partial charge on any atom is -0.259 e. The Labute approximate surface area is 167 Å². The summed E-state index contributed by atoms with van der Waals surface area (Å²) in [5.41, 5.74) is 2.48. The summed E-state index contributed by atoms with van der Waals surface area (Å²) in [6.07, 6.45) is 1.70. The number of rotatable bonds is 3. The van der Waals surface area contributed by atoms with Crippen LogP contribution in [-0.4, -0.2) is 39.4 Å². The van der Waals surface area contributed by atoms with Gasteiger partial charge in [-0.3, -0.25) is 4.40 Å². The third-order valence-corrected chi connectivity index (χ3v) is 6.81. The smallest absolute Gasteiger partial charge is 0.235 e. The molecule has 0 N–H and O–H groups in total. The molecule has 12 heteroatoms. The van der Waals surface area contributed by atoms with Crippen molar-refractivity contribution in [3.05, 3.63) is 47.9 Å². The predicted octanol–water partition coefficient (Wildman–Crippen LogP) is 3.80. The van der Waals surface area contributed by atoms with Crippen LogP contribution in [0.5, 0.6) is 0 Å². The van der Waals surface area contributed by atoms with Crippen LogP contribution in [-0.2, 0) is 0 Å². The molecule has 6 rings (SSSR count). The molecule has 136 valence electrons. The van der Waals surface area contributed by atoms with Gasteiger partial charge in [-0.15, -0.1) is 31.7 Å². The van der Waals surface area contributed by atoms with Gasteiger partial charge in [0.15, 0.2) is 5.65 Å². The maximum absolute atomic E-state index is 13.2. The number of hydrogen-bond donors (Lipinski definition) is 0. The van der Waals surface area contributed by atoms with E-state index in [9.17, 15) is 4.39 Å². The largest absolute Gasteiger partial charge is 0.259 e. The number of thiophene rings is 1. The van der Waals surface area contributed by atoms with Crippen molar-refractivity contribution < 1.29 is 4.39 Å². The molecule has 0 aliphatic heterocycles. The molecule has 6 aromatic rings. The summed E-state index contributed by atoms with van der Waals surface area (Å²) < 4.78 is 17.6. The highest BCUT2D eigenvalue weighted by Gasteiger charge is 2.18. The molecule has 0 saturated carbocycles. The standard InChI is InChI=1S/C16H7FN8S3/c17-9-3-1-8(2-4-9)13-23-25-15(27-13)21-22-16(25)28-14-20-19-12-11-10(5-6-26-11)18-7-24(12)14/h1-7H.